The zero-order valence-electron chi connectivity index (χ0n) is 11.4. The fourth-order valence-corrected chi connectivity index (χ4v) is 1.76. The minimum atomic E-state index is -0.0562. The molecule has 19 heavy (non-hydrogen) atoms. The maximum absolute atomic E-state index is 11.9. The van der Waals surface area contributed by atoms with Crippen molar-refractivity contribution in [3.8, 4) is 0 Å². The Labute approximate surface area is 119 Å². The molecule has 1 rings (SSSR count). The van der Waals surface area contributed by atoms with Crippen molar-refractivity contribution in [2.24, 2.45) is 5.73 Å². The lowest BCUT2D eigenvalue weighted by molar-refractivity contribution is -0.135. The number of amides is 1. The van der Waals surface area contributed by atoms with Crippen molar-refractivity contribution in [2.45, 2.75) is 19.9 Å². The summed E-state index contributed by atoms with van der Waals surface area (Å²) in [7, 11) is 1.51. The van der Waals surface area contributed by atoms with Crippen LogP contribution in [0.2, 0.25) is 0 Å². The van der Waals surface area contributed by atoms with E-state index in [2.05, 4.69) is 0 Å². The van der Waals surface area contributed by atoms with Crippen molar-refractivity contribution >= 4 is 23.1 Å². The van der Waals surface area contributed by atoms with Crippen LogP contribution in [0.25, 0.3) is 0 Å². The van der Waals surface area contributed by atoms with Crippen molar-refractivity contribution in [1.82, 2.24) is 4.90 Å². The summed E-state index contributed by atoms with van der Waals surface area (Å²) >= 11 is 4.86. The van der Waals surface area contributed by atoms with Gasteiger partial charge in [0.25, 0.3) is 0 Å². The second kappa shape index (κ2) is 7.86. The smallest absolute Gasteiger partial charge is 0.248 e. The van der Waals surface area contributed by atoms with Crippen molar-refractivity contribution in [1.29, 1.82) is 0 Å². The van der Waals surface area contributed by atoms with Gasteiger partial charge in [-0.1, -0.05) is 42.0 Å². The van der Waals surface area contributed by atoms with E-state index < -0.39 is 0 Å². The van der Waals surface area contributed by atoms with Crippen LogP contribution in [0.5, 0.6) is 0 Å². The summed E-state index contributed by atoms with van der Waals surface area (Å²) in [6.07, 6.45) is 0.524. The first kappa shape index (κ1) is 15.6. The first-order chi connectivity index (χ1) is 9.02. The quantitative estimate of drug-likeness (QED) is 0.772. The number of aryl methyl sites for hydroxylation is 1. The summed E-state index contributed by atoms with van der Waals surface area (Å²) in [6.45, 7) is 3.17. The molecular formula is C14H20N2O2S. The highest BCUT2D eigenvalue weighted by Gasteiger charge is 2.13. The first-order valence-corrected chi connectivity index (χ1v) is 6.54. The third kappa shape index (κ3) is 5.81. The standard InChI is InChI=1S/C14H20N2O2S/c1-11-3-5-12(6-4-11)9-16(8-7-13(15)19)14(17)10-18-2/h3-6H,7-10H2,1-2H3,(H2,15,19). The SMILES string of the molecule is COCC(=O)N(CCC(N)=S)Cc1ccc(C)cc1. The van der Waals surface area contributed by atoms with Gasteiger partial charge in [0, 0.05) is 26.6 Å². The number of hydrogen-bond donors (Lipinski definition) is 1. The van der Waals surface area contributed by atoms with Gasteiger partial charge < -0.3 is 15.4 Å². The van der Waals surface area contributed by atoms with Crippen molar-refractivity contribution in [3.63, 3.8) is 0 Å². The van der Waals surface area contributed by atoms with Crippen LogP contribution in [-0.2, 0) is 16.1 Å². The zero-order chi connectivity index (χ0) is 14.3. The van der Waals surface area contributed by atoms with E-state index in [4.69, 9.17) is 22.7 Å². The van der Waals surface area contributed by atoms with E-state index in [1.165, 1.54) is 12.7 Å². The maximum atomic E-state index is 11.9. The van der Waals surface area contributed by atoms with Gasteiger partial charge in [0.1, 0.15) is 6.61 Å². The number of thiocarbonyl (C=S) groups is 1. The normalized spacial score (nSPS) is 10.2. The Bertz CT molecular complexity index is 432. The molecule has 0 aromatic heterocycles. The summed E-state index contributed by atoms with van der Waals surface area (Å²) in [6, 6.07) is 8.09. The van der Waals surface area contributed by atoms with Gasteiger partial charge in [-0.25, -0.2) is 0 Å². The van der Waals surface area contributed by atoms with Crippen LogP contribution in [0.3, 0.4) is 0 Å². The minimum Gasteiger partial charge on any atom is -0.393 e. The Balaban J connectivity index is 2.69. The van der Waals surface area contributed by atoms with Crippen LogP contribution in [0.4, 0.5) is 0 Å². The number of carbonyl (C=O) groups is 1. The number of carbonyl (C=O) groups excluding carboxylic acids is 1. The van der Waals surface area contributed by atoms with Crippen molar-refractivity contribution in [2.75, 3.05) is 20.3 Å². The lowest BCUT2D eigenvalue weighted by Crippen LogP contribution is -2.35. The third-order valence-electron chi connectivity index (χ3n) is 2.74. The second-order valence-corrected chi connectivity index (χ2v) is 4.97. The Morgan fingerprint density at radius 1 is 1.37 bits per heavy atom. The molecule has 0 fully saturated rings. The Morgan fingerprint density at radius 3 is 2.53 bits per heavy atom. The van der Waals surface area contributed by atoms with Gasteiger partial charge in [-0.05, 0) is 12.5 Å². The predicted octanol–water partition coefficient (Wildman–Crippen LogP) is 1.65. The fourth-order valence-electron chi connectivity index (χ4n) is 1.67. The summed E-state index contributed by atoms with van der Waals surface area (Å²) in [5.41, 5.74) is 7.77. The van der Waals surface area contributed by atoms with Gasteiger partial charge in [0.2, 0.25) is 5.91 Å². The lowest BCUT2D eigenvalue weighted by atomic mass is 10.1. The molecule has 0 heterocycles. The first-order valence-electron chi connectivity index (χ1n) is 6.13. The number of hydrogen-bond acceptors (Lipinski definition) is 3. The van der Waals surface area contributed by atoms with Crippen LogP contribution in [-0.4, -0.2) is 36.1 Å². The molecule has 0 saturated carbocycles. The molecular weight excluding hydrogens is 260 g/mol. The van der Waals surface area contributed by atoms with Crippen molar-refractivity contribution < 1.29 is 9.53 Å². The Kier molecular flexibility index (Phi) is 6.45. The molecule has 1 aromatic carbocycles. The molecule has 0 aliphatic rings. The number of rotatable bonds is 7. The average molecular weight is 280 g/mol. The molecule has 104 valence electrons. The molecule has 5 heteroatoms. The summed E-state index contributed by atoms with van der Waals surface area (Å²) in [5, 5.41) is 0. The molecule has 0 aliphatic carbocycles. The third-order valence-corrected chi connectivity index (χ3v) is 2.95. The van der Waals surface area contributed by atoms with Crippen LogP contribution in [0.1, 0.15) is 17.5 Å². The van der Waals surface area contributed by atoms with E-state index in [1.807, 2.05) is 31.2 Å². The molecule has 0 saturated heterocycles. The minimum absolute atomic E-state index is 0.0562. The van der Waals surface area contributed by atoms with Gasteiger partial charge in [-0.15, -0.1) is 0 Å². The number of nitrogens with zero attached hydrogens (tertiary/aromatic N) is 1. The second-order valence-electron chi connectivity index (χ2n) is 4.45. The van der Waals surface area contributed by atoms with Gasteiger partial charge in [0.15, 0.2) is 0 Å². The highest BCUT2D eigenvalue weighted by Crippen LogP contribution is 2.08. The average Bonchev–Trinajstić information content (AvgIpc) is 2.36. The topological polar surface area (TPSA) is 55.6 Å². The molecule has 0 radical (unpaired) electrons. The number of nitrogens with two attached hydrogens (primary N) is 1. The van der Waals surface area contributed by atoms with Gasteiger partial charge >= 0.3 is 0 Å². The van der Waals surface area contributed by atoms with E-state index in [-0.39, 0.29) is 12.5 Å². The van der Waals surface area contributed by atoms with Crippen LogP contribution in [0, 0.1) is 6.92 Å². The molecule has 0 spiro atoms. The molecule has 0 aliphatic heterocycles. The maximum Gasteiger partial charge on any atom is 0.248 e. The monoisotopic (exact) mass is 280 g/mol. The lowest BCUT2D eigenvalue weighted by Gasteiger charge is -2.22. The fraction of sp³-hybridized carbons (Fsp3) is 0.429. The van der Waals surface area contributed by atoms with E-state index in [0.29, 0.717) is 24.5 Å². The number of methoxy groups -OCH3 is 1. The molecule has 1 aromatic rings. The highest BCUT2D eigenvalue weighted by molar-refractivity contribution is 7.80. The number of ether oxygens (including phenoxy) is 1. The van der Waals surface area contributed by atoms with Crippen LogP contribution < -0.4 is 5.73 Å². The molecule has 0 bridgehead atoms. The molecule has 0 atom stereocenters. The Morgan fingerprint density at radius 2 is 2.00 bits per heavy atom. The largest absolute Gasteiger partial charge is 0.393 e. The zero-order valence-corrected chi connectivity index (χ0v) is 12.2. The summed E-state index contributed by atoms with van der Waals surface area (Å²) in [5.74, 6) is -0.0562. The van der Waals surface area contributed by atoms with E-state index in [0.717, 1.165) is 5.56 Å². The predicted molar refractivity (Wildman–Crippen MR) is 79.9 cm³/mol. The van der Waals surface area contributed by atoms with Crippen molar-refractivity contribution in [3.05, 3.63) is 35.4 Å². The van der Waals surface area contributed by atoms with Gasteiger partial charge in [0.05, 0.1) is 4.99 Å². The van der Waals surface area contributed by atoms with E-state index in [1.54, 1.807) is 4.90 Å². The van der Waals surface area contributed by atoms with E-state index >= 15 is 0 Å². The molecule has 0 unspecified atom stereocenters. The highest BCUT2D eigenvalue weighted by atomic mass is 32.1. The summed E-state index contributed by atoms with van der Waals surface area (Å²) < 4.78 is 4.89. The number of benzene rings is 1. The van der Waals surface area contributed by atoms with Gasteiger partial charge in [-0.3, -0.25) is 4.79 Å². The van der Waals surface area contributed by atoms with Gasteiger partial charge in [-0.2, -0.15) is 0 Å². The van der Waals surface area contributed by atoms with Crippen LogP contribution in [0.15, 0.2) is 24.3 Å². The molecule has 4 nitrogen and oxygen atoms in total. The van der Waals surface area contributed by atoms with Crippen LogP contribution >= 0.6 is 12.2 Å². The summed E-state index contributed by atoms with van der Waals surface area (Å²) in [4.78, 5) is 14.1. The Hall–Kier alpha value is -1.46. The molecule has 2 N–H and O–H groups in total. The molecule has 1 amide bonds. The van der Waals surface area contributed by atoms with E-state index in [9.17, 15) is 4.79 Å².